The second kappa shape index (κ2) is 12.6. The normalized spacial score (nSPS) is 12.1. The summed E-state index contributed by atoms with van der Waals surface area (Å²) in [6.07, 6.45) is 8.49. The van der Waals surface area contributed by atoms with E-state index < -0.39 is 0 Å². The Morgan fingerprint density at radius 3 is 2.56 bits per heavy atom. The minimum Gasteiger partial charge on any atom is -0.347 e. The molecule has 18 heavy (non-hydrogen) atoms. The van der Waals surface area contributed by atoms with Gasteiger partial charge in [0.1, 0.15) is 6.29 Å². The molecule has 0 aliphatic heterocycles. The predicted molar refractivity (Wildman–Crippen MR) is 74.5 cm³/mol. The molecule has 1 amide bonds. The summed E-state index contributed by atoms with van der Waals surface area (Å²) in [5.74, 6) is 0.0109. The van der Waals surface area contributed by atoms with Gasteiger partial charge in [-0.05, 0) is 39.3 Å². The zero-order valence-corrected chi connectivity index (χ0v) is 11.8. The molecule has 4 heteroatoms. The Hall–Kier alpha value is -0.900. The van der Waals surface area contributed by atoms with Crippen molar-refractivity contribution in [3.05, 3.63) is 0 Å². The Kier molecular flexibility index (Phi) is 11.9. The molecule has 4 nitrogen and oxygen atoms in total. The van der Waals surface area contributed by atoms with Crippen LogP contribution < -0.4 is 10.6 Å². The van der Waals surface area contributed by atoms with Crippen LogP contribution in [0, 0.1) is 0 Å². The molecule has 0 aliphatic rings. The van der Waals surface area contributed by atoms with Crippen molar-refractivity contribution in [2.24, 2.45) is 0 Å². The molecule has 0 aromatic carbocycles. The lowest BCUT2D eigenvalue weighted by Gasteiger charge is -2.12. The first-order valence-corrected chi connectivity index (χ1v) is 7.13. The quantitative estimate of drug-likeness (QED) is 0.415. The molecule has 0 saturated carbocycles. The number of unbranched alkanes of at least 4 members (excludes halogenated alkanes) is 4. The maximum atomic E-state index is 11.6. The molecular formula is C14H28N2O2. The fourth-order valence-corrected chi connectivity index (χ4v) is 1.83. The Morgan fingerprint density at radius 2 is 1.94 bits per heavy atom. The summed E-state index contributed by atoms with van der Waals surface area (Å²) in [7, 11) is 1.91. The Morgan fingerprint density at radius 1 is 1.17 bits per heavy atom. The maximum absolute atomic E-state index is 11.6. The summed E-state index contributed by atoms with van der Waals surface area (Å²) in [4.78, 5) is 22.4. The van der Waals surface area contributed by atoms with Gasteiger partial charge >= 0.3 is 0 Å². The van der Waals surface area contributed by atoms with Crippen molar-refractivity contribution in [2.45, 2.75) is 64.3 Å². The van der Waals surface area contributed by atoms with Crippen molar-refractivity contribution in [3.63, 3.8) is 0 Å². The second-order valence-electron chi connectivity index (χ2n) is 4.72. The Bertz CT molecular complexity index is 220. The van der Waals surface area contributed by atoms with Crippen molar-refractivity contribution in [1.82, 2.24) is 10.6 Å². The minimum atomic E-state index is -0.305. The first-order chi connectivity index (χ1) is 8.74. The van der Waals surface area contributed by atoms with Crippen LogP contribution in [0.5, 0.6) is 0 Å². The summed E-state index contributed by atoms with van der Waals surface area (Å²) in [5.41, 5.74) is 0. The fraction of sp³-hybridized carbons (Fsp3) is 0.857. The molecular weight excluding hydrogens is 228 g/mol. The third kappa shape index (κ3) is 10.3. The van der Waals surface area contributed by atoms with Gasteiger partial charge in [-0.25, -0.2) is 0 Å². The van der Waals surface area contributed by atoms with E-state index in [1.165, 1.54) is 12.8 Å². The number of aldehydes is 1. The van der Waals surface area contributed by atoms with Crippen molar-refractivity contribution in [1.29, 1.82) is 0 Å². The number of hydrogen-bond donors (Lipinski definition) is 2. The van der Waals surface area contributed by atoms with Crippen LogP contribution in [-0.2, 0) is 9.59 Å². The minimum absolute atomic E-state index is 0.0109. The van der Waals surface area contributed by atoms with Crippen molar-refractivity contribution in [3.8, 4) is 0 Å². The highest BCUT2D eigenvalue weighted by Crippen LogP contribution is 2.03. The van der Waals surface area contributed by atoms with E-state index in [0.29, 0.717) is 6.42 Å². The highest BCUT2D eigenvalue weighted by molar-refractivity contribution is 5.79. The van der Waals surface area contributed by atoms with E-state index in [4.69, 9.17) is 0 Å². The third-order valence-electron chi connectivity index (χ3n) is 2.96. The average molecular weight is 256 g/mol. The Labute approximate surface area is 111 Å². The highest BCUT2D eigenvalue weighted by atomic mass is 16.2. The molecule has 0 bridgehead atoms. The SMILES string of the molecule is CCCCCCC(=O)NC(C=O)CCCCNC. The summed E-state index contributed by atoms with van der Waals surface area (Å²) in [6.45, 7) is 3.10. The summed E-state index contributed by atoms with van der Waals surface area (Å²) >= 11 is 0. The highest BCUT2D eigenvalue weighted by Gasteiger charge is 2.10. The van der Waals surface area contributed by atoms with E-state index >= 15 is 0 Å². The van der Waals surface area contributed by atoms with Crippen LogP contribution in [-0.4, -0.2) is 31.8 Å². The van der Waals surface area contributed by atoms with Gasteiger partial charge in [-0.1, -0.05) is 26.2 Å². The van der Waals surface area contributed by atoms with E-state index in [0.717, 1.165) is 44.9 Å². The molecule has 1 atom stereocenters. The van der Waals surface area contributed by atoms with Gasteiger partial charge in [-0.3, -0.25) is 4.79 Å². The standard InChI is InChI=1S/C14H28N2O2/c1-3-4-5-6-10-14(18)16-13(12-17)9-7-8-11-15-2/h12-13,15H,3-11H2,1-2H3,(H,16,18). The van der Waals surface area contributed by atoms with Gasteiger partial charge in [0, 0.05) is 6.42 Å². The lowest BCUT2D eigenvalue weighted by molar-refractivity contribution is -0.124. The van der Waals surface area contributed by atoms with E-state index in [9.17, 15) is 9.59 Å². The van der Waals surface area contributed by atoms with Crippen LogP contribution in [0.2, 0.25) is 0 Å². The van der Waals surface area contributed by atoms with Crippen LogP contribution in [0.15, 0.2) is 0 Å². The van der Waals surface area contributed by atoms with Gasteiger partial charge in [-0.2, -0.15) is 0 Å². The van der Waals surface area contributed by atoms with Crippen LogP contribution in [0.1, 0.15) is 58.3 Å². The number of hydrogen-bond acceptors (Lipinski definition) is 3. The lowest BCUT2D eigenvalue weighted by atomic mass is 10.1. The molecule has 0 heterocycles. The van der Waals surface area contributed by atoms with E-state index in [1.807, 2.05) is 7.05 Å². The van der Waals surface area contributed by atoms with Crippen molar-refractivity contribution in [2.75, 3.05) is 13.6 Å². The van der Waals surface area contributed by atoms with Gasteiger partial charge in [0.2, 0.25) is 5.91 Å². The average Bonchev–Trinajstić information content (AvgIpc) is 2.38. The molecule has 106 valence electrons. The van der Waals surface area contributed by atoms with E-state index in [1.54, 1.807) is 0 Å². The molecule has 0 aromatic heterocycles. The number of amides is 1. The third-order valence-corrected chi connectivity index (χ3v) is 2.96. The van der Waals surface area contributed by atoms with Gasteiger partial charge in [0.05, 0.1) is 6.04 Å². The number of nitrogens with one attached hydrogen (secondary N) is 2. The zero-order valence-electron chi connectivity index (χ0n) is 11.8. The largest absolute Gasteiger partial charge is 0.347 e. The lowest BCUT2D eigenvalue weighted by Crippen LogP contribution is -2.35. The molecule has 0 radical (unpaired) electrons. The summed E-state index contributed by atoms with van der Waals surface area (Å²) in [5, 5.41) is 5.86. The van der Waals surface area contributed by atoms with E-state index in [2.05, 4.69) is 17.6 Å². The van der Waals surface area contributed by atoms with E-state index in [-0.39, 0.29) is 11.9 Å². The topological polar surface area (TPSA) is 58.2 Å². The molecule has 2 N–H and O–H groups in total. The monoisotopic (exact) mass is 256 g/mol. The Balaban J connectivity index is 3.62. The maximum Gasteiger partial charge on any atom is 0.220 e. The molecule has 0 fully saturated rings. The summed E-state index contributed by atoms with van der Waals surface area (Å²) < 4.78 is 0. The molecule has 1 unspecified atom stereocenters. The zero-order chi connectivity index (χ0) is 13.6. The van der Waals surface area contributed by atoms with Gasteiger partial charge in [-0.15, -0.1) is 0 Å². The number of carbonyl (C=O) groups excluding carboxylic acids is 2. The summed E-state index contributed by atoms with van der Waals surface area (Å²) in [6, 6.07) is -0.305. The number of rotatable bonds is 12. The van der Waals surface area contributed by atoms with Crippen LogP contribution in [0.25, 0.3) is 0 Å². The van der Waals surface area contributed by atoms with Gasteiger partial charge in [0.15, 0.2) is 0 Å². The van der Waals surface area contributed by atoms with Crippen molar-refractivity contribution >= 4 is 12.2 Å². The van der Waals surface area contributed by atoms with Gasteiger partial charge < -0.3 is 15.4 Å². The first kappa shape index (κ1) is 17.1. The smallest absolute Gasteiger partial charge is 0.220 e. The molecule has 0 rings (SSSR count). The van der Waals surface area contributed by atoms with Crippen LogP contribution in [0.3, 0.4) is 0 Å². The van der Waals surface area contributed by atoms with Crippen LogP contribution >= 0.6 is 0 Å². The molecule has 0 spiro atoms. The van der Waals surface area contributed by atoms with Crippen LogP contribution in [0.4, 0.5) is 0 Å². The molecule has 0 aromatic rings. The second-order valence-corrected chi connectivity index (χ2v) is 4.72. The fourth-order valence-electron chi connectivity index (χ4n) is 1.83. The first-order valence-electron chi connectivity index (χ1n) is 7.13. The predicted octanol–water partition coefficient (Wildman–Crippen LogP) is 2.03. The van der Waals surface area contributed by atoms with Crippen molar-refractivity contribution < 1.29 is 9.59 Å². The molecule has 0 saturated heterocycles. The molecule has 0 aliphatic carbocycles. The van der Waals surface area contributed by atoms with Gasteiger partial charge in [0.25, 0.3) is 0 Å². The number of carbonyl (C=O) groups is 2.